The van der Waals surface area contributed by atoms with Crippen molar-refractivity contribution in [3.05, 3.63) is 95.8 Å². The lowest BCUT2D eigenvalue weighted by molar-refractivity contribution is 0.0941. The van der Waals surface area contributed by atoms with Crippen LogP contribution >= 0.6 is 0 Å². The Morgan fingerprint density at radius 3 is 2.28 bits per heavy atom. The van der Waals surface area contributed by atoms with Gasteiger partial charge in [0.1, 0.15) is 5.82 Å². The van der Waals surface area contributed by atoms with E-state index >= 15 is 0 Å². The van der Waals surface area contributed by atoms with Gasteiger partial charge in [0.2, 0.25) is 0 Å². The molecule has 1 N–H and O–H groups in total. The molecular weight excluding hydrogens is 429 g/mol. The van der Waals surface area contributed by atoms with Gasteiger partial charge in [-0.05, 0) is 62.1 Å². The highest BCUT2D eigenvalue weighted by Crippen LogP contribution is 2.23. The Kier molecular flexibility index (Phi) is 7.27. The number of likely N-dealkylation sites (N-methyl/N-ethyl adjacent to an activating group) is 1. The molecule has 0 aliphatic heterocycles. The first-order chi connectivity index (χ1) is 15.2. The van der Waals surface area contributed by atoms with E-state index in [1.165, 1.54) is 41.7 Å². The number of nitrogens with one attached hydrogen (secondary N) is 1. The monoisotopic (exact) mass is 455 g/mol. The molecule has 6 nitrogen and oxygen atoms in total. The summed E-state index contributed by atoms with van der Waals surface area (Å²) in [6.45, 7) is 0.232. The van der Waals surface area contributed by atoms with Crippen LogP contribution in [0.1, 0.15) is 22.0 Å². The van der Waals surface area contributed by atoms with Crippen molar-refractivity contribution in [1.29, 1.82) is 0 Å². The minimum Gasteiger partial charge on any atom is -0.350 e. The maximum atomic E-state index is 13.6. The first kappa shape index (κ1) is 23.4. The molecule has 8 heteroatoms. The number of carbonyl (C=O) groups excluding carboxylic acids is 1. The fourth-order valence-corrected chi connectivity index (χ4v) is 4.58. The van der Waals surface area contributed by atoms with Crippen LogP contribution in [0, 0.1) is 5.82 Å². The first-order valence-corrected chi connectivity index (χ1v) is 11.5. The van der Waals surface area contributed by atoms with Crippen molar-refractivity contribution in [2.24, 2.45) is 0 Å². The van der Waals surface area contributed by atoms with Crippen LogP contribution in [-0.2, 0) is 10.0 Å². The Morgan fingerprint density at radius 1 is 0.938 bits per heavy atom. The SMILES string of the molecule is CN(C)C(CNC(=O)c1cccc(S(=O)(=O)N(C)c2ccccc2)c1)c1cccc(F)c1. The van der Waals surface area contributed by atoms with Gasteiger partial charge in [0.25, 0.3) is 15.9 Å². The van der Waals surface area contributed by atoms with Gasteiger partial charge < -0.3 is 10.2 Å². The lowest BCUT2D eigenvalue weighted by Gasteiger charge is -2.25. The number of carbonyl (C=O) groups is 1. The molecule has 3 aromatic carbocycles. The van der Waals surface area contributed by atoms with Crippen molar-refractivity contribution >= 4 is 21.6 Å². The normalized spacial score (nSPS) is 12.4. The number of hydrogen-bond donors (Lipinski definition) is 1. The summed E-state index contributed by atoms with van der Waals surface area (Å²) in [4.78, 5) is 14.7. The van der Waals surface area contributed by atoms with Crippen molar-refractivity contribution in [3.8, 4) is 0 Å². The summed E-state index contributed by atoms with van der Waals surface area (Å²) in [5.41, 5.74) is 1.48. The number of sulfonamides is 1. The van der Waals surface area contributed by atoms with Crippen LogP contribution in [0.25, 0.3) is 0 Å². The third kappa shape index (κ3) is 5.33. The summed E-state index contributed by atoms with van der Waals surface area (Å²) in [7, 11) is 1.32. The highest BCUT2D eigenvalue weighted by Gasteiger charge is 2.23. The molecular formula is C24H26FN3O3S. The van der Waals surface area contributed by atoms with Gasteiger partial charge in [0, 0.05) is 19.2 Å². The fraction of sp³-hybridized carbons (Fsp3) is 0.208. The fourth-order valence-electron chi connectivity index (χ4n) is 3.34. The van der Waals surface area contributed by atoms with Crippen LogP contribution < -0.4 is 9.62 Å². The summed E-state index contributed by atoms with van der Waals surface area (Å²) < 4.78 is 40.9. The molecule has 32 heavy (non-hydrogen) atoms. The smallest absolute Gasteiger partial charge is 0.264 e. The molecule has 0 saturated heterocycles. The molecule has 0 fully saturated rings. The van der Waals surface area contributed by atoms with Crippen LogP contribution in [0.5, 0.6) is 0 Å². The van der Waals surface area contributed by atoms with E-state index in [0.29, 0.717) is 5.69 Å². The molecule has 3 aromatic rings. The molecule has 0 bridgehead atoms. The average molecular weight is 456 g/mol. The summed E-state index contributed by atoms with van der Waals surface area (Å²) in [6, 6.07) is 20.6. The number of rotatable bonds is 8. The standard InChI is InChI=1S/C24H26FN3O3S/c1-27(2)23(18-9-7-11-20(25)15-18)17-26-24(29)19-10-8-14-22(16-19)32(30,31)28(3)21-12-5-4-6-13-21/h4-16,23H,17H2,1-3H3,(H,26,29). The predicted octanol–water partition coefficient (Wildman–Crippen LogP) is 3.68. The summed E-state index contributed by atoms with van der Waals surface area (Å²) >= 11 is 0. The minimum atomic E-state index is -3.84. The van der Waals surface area contributed by atoms with E-state index in [1.807, 2.05) is 19.0 Å². The number of halogens is 1. The predicted molar refractivity (Wildman–Crippen MR) is 124 cm³/mol. The average Bonchev–Trinajstić information content (AvgIpc) is 2.79. The third-order valence-corrected chi connectivity index (χ3v) is 6.97. The van der Waals surface area contributed by atoms with E-state index in [9.17, 15) is 17.6 Å². The van der Waals surface area contributed by atoms with E-state index in [4.69, 9.17) is 0 Å². The van der Waals surface area contributed by atoms with Crippen molar-refractivity contribution in [3.63, 3.8) is 0 Å². The molecule has 1 atom stereocenters. The van der Waals surface area contributed by atoms with Crippen LogP contribution in [0.3, 0.4) is 0 Å². The quantitative estimate of drug-likeness (QED) is 0.563. The molecule has 0 aromatic heterocycles. The number of benzene rings is 3. The van der Waals surface area contributed by atoms with E-state index in [0.717, 1.165) is 5.56 Å². The van der Waals surface area contributed by atoms with Gasteiger partial charge in [-0.1, -0.05) is 36.4 Å². The summed E-state index contributed by atoms with van der Waals surface area (Å²) in [5, 5.41) is 2.83. The van der Waals surface area contributed by atoms with E-state index < -0.39 is 15.9 Å². The second kappa shape index (κ2) is 9.93. The zero-order valence-corrected chi connectivity index (χ0v) is 19.0. The third-order valence-electron chi connectivity index (χ3n) is 5.19. The second-order valence-electron chi connectivity index (χ2n) is 7.58. The zero-order chi connectivity index (χ0) is 23.3. The maximum absolute atomic E-state index is 13.6. The first-order valence-electron chi connectivity index (χ1n) is 10.0. The van der Waals surface area contributed by atoms with Crippen LogP contribution in [0.2, 0.25) is 0 Å². The largest absolute Gasteiger partial charge is 0.350 e. The molecule has 0 radical (unpaired) electrons. The Hall–Kier alpha value is -3.23. The molecule has 0 heterocycles. The minimum absolute atomic E-state index is 0.0193. The van der Waals surface area contributed by atoms with Crippen molar-refractivity contribution in [1.82, 2.24) is 10.2 Å². The second-order valence-corrected chi connectivity index (χ2v) is 9.55. The van der Waals surface area contributed by atoms with Crippen LogP contribution in [-0.4, -0.2) is 46.9 Å². The molecule has 168 valence electrons. The topological polar surface area (TPSA) is 69.7 Å². The van der Waals surface area contributed by atoms with Gasteiger partial charge in [-0.25, -0.2) is 12.8 Å². The summed E-state index contributed by atoms with van der Waals surface area (Å²) in [5.74, 6) is -0.756. The highest BCUT2D eigenvalue weighted by atomic mass is 32.2. The lowest BCUT2D eigenvalue weighted by Crippen LogP contribution is -2.34. The molecule has 0 spiro atoms. The van der Waals surface area contributed by atoms with Crippen molar-refractivity contribution < 1.29 is 17.6 Å². The Labute approximate surface area is 188 Å². The van der Waals surface area contributed by atoms with Gasteiger partial charge >= 0.3 is 0 Å². The van der Waals surface area contributed by atoms with E-state index in [1.54, 1.807) is 48.5 Å². The molecule has 0 aliphatic rings. The van der Waals surface area contributed by atoms with Crippen molar-refractivity contribution in [2.45, 2.75) is 10.9 Å². The van der Waals surface area contributed by atoms with Crippen LogP contribution in [0.15, 0.2) is 83.8 Å². The van der Waals surface area contributed by atoms with E-state index in [2.05, 4.69) is 5.32 Å². The van der Waals surface area contributed by atoms with Gasteiger partial charge in [-0.3, -0.25) is 9.10 Å². The maximum Gasteiger partial charge on any atom is 0.264 e. The Morgan fingerprint density at radius 2 is 1.62 bits per heavy atom. The number of nitrogens with zero attached hydrogens (tertiary/aromatic N) is 2. The van der Waals surface area contributed by atoms with Gasteiger partial charge in [-0.15, -0.1) is 0 Å². The van der Waals surface area contributed by atoms with Gasteiger partial charge in [0.05, 0.1) is 16.6 Å². The molecule has 1 unspecified atom stereocenters. The molecule has 1 amide bonds. The number of hydrogen-bond acceptors (Lipinski definition) is 4. The molecule has 0 saturated carbocycles. The van der Waals surface area contributed by atoms with Gasteiger partial charge in [0.15, 0.2) is 0 Å². The number of amides is 1. The highest BCUT2D eigenvalue weighted by molar-refractivity contribution is 7.92. The van der Waals surface area contributed by atoms with Crippen molar-refractivity contribution in [2.75, 3.05) is 32.0 Å². The van der Waals surface area contributed by atoms with Crippen LogP contribution in [0.4, 0.5) is 10.1 Å². The molecule has 0 aliphatic carbocycles. The zero-order valence-electron chi connectivity index (χ0n) is 18.2. The summed E-state index contributed by atoms with van der Waals surface area (Å²) in [6.07, 6.45) is 0. The number of anilines is 1. The number of para-hydroxylation sites is 1. The van der Waals surface area contributed by atoms with E-state index in [-0.39, 0.29) is 28.9 Å². The Bertz CT molecular complexity index is 1180. The Balaban J connectivity index is 1.77. The lowest BCUT2D eigenvalue weighted by atomic mass is 10.1. The molecule has 3 rings (SSSR count). The van der Waals surface area contributed by atoms with Gasteiger partial charge in [-0.2, -0.15) is 0 Å².